The van der Waals surface area contributed by atoms with E-state index >= 15 is 0 Å². The number of nitrogens with zero attached hydrogens (tertiary/aromatic N) is 1. The van der Waals surface area contributed by atoms with E-state index < -0.39 is 0 Å². The number of hydrogen-bond donors (Lipinski definition) is 1. The summed E-state index contributed by atoms with van der Waals surface area (Å²) in [7, 11) is 0. The number of hydrogen-bond acceptors (Lipinski definition) is 5. The highest BCUT2D eigenvalue weighted by molar-refractivity contribution is 5.88. The first-order valence-corrected chi connectivity index (χ1v) is 5.67. The fourth-order valence-corrected chi connectivity index (χ4v) is 1.41. The molecule has 0 spiro atoms. The van der Waals surface area contributed by atoms with Crippen molar-refractivity contribution in [1.29, 1.82) is 0 Å². The Kier molecular flexibility index (Phi) is 5.42. The van der Waals surface area contributed by atoms with E-state index in [-0.39, 0.29) is 18.8 Å². The Hall–Kier alpha value is -0.940. The van der Waals surface area contributed by atoms with E-state index in [1.54, 1.807) is 6.92 Å². The monoisotopic (exact) mass is 228 g/mol. The minimum Gasteiger partial charge on any atom is -0.464 e. The molecule has 1 atom stereocenters. The number of aliphatic imine (C=N–C) groups is 1. The Balaban J connectivity index is 2.24. The summed E-state index contributed by atoms with van der Waals surface area (Å²) in [5.74, 6) is 0.126. The first kappa shape index (κ1) is 13.1. The van der Waals surface area contributed by atoms with Gasteiger partial charge in [-0.3, -0.25) is 10.3 Å². The van der Waals surface area contributed by atoms with E-state index in [1.165, 1.54) is 0 Å². The molecule has 5 nitrogen and oxygen atoms in total. The first-order chi connectivity index (χ1) is 7.63. The van der Waals surface area contributed by atoms with Crippen LogP contribution >= 0.6 is 0 Å². The highest BCUT2D eigenvalue weighted by atomic mass is 16.6. The van der Waals surface area contributed by atoms with Crippen molar-refractivity contribution in [1.82, 2.24) is 5.32 Å². The van der Waals surface area contributed by atoms with E-state index in [4.69, 9.17) is 9.47 Å². The zero-order chi connectivity index (χ0) is 12.0. The number of nitrogens with one attached hydrogen (secondary N) is 1. The molecule has 0 radical (unpaired) electrons. The molecule has 1 heterocycles. The van der Waals surface area contributed by atoms with Gasteiger partial charge in [0, 0.05) is 12.3 Å². The molecule has 0 amide bonds. The van der Waals surface area contributed by atoms with Gasteiger partial charge in [-0.05, 0) is 12.8 Å². The molecule has 0 aromatic heterocycles. The molecule has 0 aliphatic carbocycles. The fourth-order valence-electron chi connectivity index (χ4n) is 1.41. The Labute approximate surface area is 96.2 Å². The van der Waals surface area contributed by atoms with Crippen molar-refractivity contribution in [2.24, 2.45) is 10.9 Å². The Morgan fingerprint density at radius 1 is 1.62 bits per heavy atom. The second-order valence-corrected chi connectivity index (χ2v) is 3.97. The molecule has 0 saturated carbocycles. The van der Waals surface area contributed by atoms with Crippen LogP contribution in [0, 0.1) is 5.92 Å². The Morgan fingerprint density at radius 2 is 2.38 bits per heavy atom. The lowest BCUT2D eigenvalue weighted by Crippen LogP contribution is -2.44. The molecule has 16 heavy (non-hydrogen) atoms. The van der Waals surface area contributed by atoms with Crippen LogP contribution in [0.15, 0.2) is 4.99 Å². The van der Waals surface area contributed by atoms with Crippen LogP contribution in [0.1, 0.15) is 20.8 Å². The molecule has 0 aromatic rings. The lowest BCUT2D eigenvalue weighted by atomic mass is 10.1. The van der Waals surface area contributed by atoms with Crippen molar-refractivity contribution in [2.45, 2.75) is 27.0 Å². The van der Waals surface area contributed by atoms with E-state index in [1.807, 2.05) is 0 Å². The second-order valence-electron chi connectivity index (χ2n) is 3.97. The van der Waals surface area contributed by atoms with E-state index in [0.29, 0.717) is 19.1 Å². The zero-order valence-electron chi connectivity index (χ0n) is 10.2. The fraction of sp³-hybridized carbons (Fsp3) is 0.818. The summed E-state index contributed by atoms with van der Waals surface area (Å²) < 4.78 is 10.1. The van der Waals surface area contributed by atoms with Gasteiger partial charge in [0.2, 0.25) is 0 Å². The summed E-state index contributed by atoms with van der Waals surface area (Å²) in [6.07, 6.45) is -0.174. The van der Waals surface area contributed by atoms with Crippen molar-refractivity contribution in [3.05, 3.63) is 0 Å². The van der Waals surface area contributed by atoms with Crippen LogP contribution in [0.5, 0.6) is 0 Å². The van der Waals surface area contributed by atoms with Gasteiger partial charge in [-0.25, -0.2) is 4.79 Å². The molecule has 92 valence electrons. The quantitative estimate of drug-likeness (QED) is 0.700. The number of carbonyl (C=O) groups is 1. The molecule has 0 aromatic carbocycles. The maximum Gasteiger partial charge on any atom is 0.332 e. The molecular weight excluding hydrogens is 208 g/mol. The number of esters is 1. The molecular formula is C11H20N2O3. The normalized spacial score (nSPS) is 20.8. The van der Waals surface area contributed by atoms with Crippen molar-refractivity contribution in [3.8, 4) is 0 Å². The standard InChI is InChI=1S/C11H20N2O3/c1-4-15-11(14)7-16-10-6-12-9(5-13-10)8(2)3/h8,10,13H,4-7H2,1-3H3. The molecule has 1 N–H and O–H groups in total. The maximum atomic E-state index is 11.0. The molecule has 1 rings (SSSR count). The smallest absolute Gasteiger partial charge is 0.332 e. The van der Waals surface area contributed by atoms with Gasteiger partial charge in [0.25, 0.3) is 0 Å². The van der Waals surface area contributed by atoms with Crippen LogP contribution in [-0.4, -0.2) is 44.2 Å². The molecule has 0 fully saturated rings. The number of ether oxygens (including phenoxy) is 2. The summed E-state index contributed by atoms with van der Waals surface area (Å²) in [6, 6.07) is 0. The van der Waals surface area contributed by atoms with Crippen LogP contribution < -0.4 is 5.32 Å². The van der Waals surface area contributed by atoms with E-state index in [0.717, 1.165) is 12.3 Å². The summed E-state index contributed by atoms with van der Waals surface area (Å²) in [4.78, 5) is 15.5. The average molecular weight is 228 g/mol. The third-order valence-electron chi connectivity index (χ3n) is 2.35. The van der Waals surface area contributed by atoms with Gasteiger partial charge in [0.1, 0.15) is 12.8 Å². The predicted octanol–water partition coefficient (Wildman–Crippen LogP) is 0.592. The molecule has 0 bridgehead atoms. The third kappa shape index (κ3) is 4.28. The van der Waals surface area contributed by atoms with Crippen LogP contribution in [0.2, 0.25) is 0 Å². The summed E-state index contributed by atoms with van der Waals surface area (Å²) in [5, 5.41) is 3.19. The van der Waals surface area contributed by atoms with Crippen LogP contribution in [0.3, 0.4) is 0 Å². The zero-order valence-corrected chi connectivity index (χ0v) is 10.2. The van der Waals surface area contributed by atoms with Crippen LogP contribution in [-0.2, 0) is 14.3 Å². The van der Waals surface area contributed by atoms with Gasteiger partial charge in [-0.2, -0.15) is 0 Å². The summed E-state index contributed by atoms with van der Waals surface area (Å²) in [5.41, 5.74) is 1.15. The first-order valence-electron chi connectivity index (χ1n) is 5.67. The topological polar surface area (TPSA) is 59.9 Å². The highest BCUT2D eigenvalue weighted by Crippen LogP contribution is 2.03. The van der Waals surface area contributed by atoms with Crippen molar-refractivity contribution in [2.75, 3.05) is 26.3 Å². The van der Waals surface area contributed by atoms with Crippen LogP contribution in [0.4, 0.5) is 0 Å². The molecule has 1 unspecified atom stereocenters. The maximum absolute atomic E-state index is 11.0. The molecule has 1 aliphatic rings. The van der Waals surface area contributed by atoms with Crippen molar-refractivity contribution >= 4 is 11.7 Å². The number of rotatable bonds is 5. The van der Waals surface area contributed by atoms with Gasteiger partial charge in [0.15, 0.2) is 0 Å². The lowest BCUT2D eigenvalue weighted by molar-refractivity contribution is -0.151. The van der Waals surface area contributed by atoms with Gasteiger partial charge >= 0.3 is 5.97 Å². The largest absolute Gasteiger partial charge is 0.464 e. The lowest BCUT2D eigenvalue weighted by Gasteiger charge is -2.24. The minimum atomic E-state index is -0.331. The van der Waals surface area contributed by atoms with E-state index in [9.17, 15) is 4.79 Å². The van der Waals surface area contributed by atoms with Gasteiger partial charge in [-0.15, -0.1) is 0 Å². The Bertz CT molecular complexity index is 264. The van der Waals surface area contributed by atoms with Gasteiger partial charge in [0.05, 0.1) is 13.2 Å². The number of carbonyl (C=O) groups excluding carboxylic acids is 1. The average Bonchev–Trinajstić information content (AvgIpc) is 2.27. The predicted molar refractivity (Wildman–Crippen MR) is 61.5 cm³/mol. The van der Waals surface area contributed by atoms with Crippen molar-refractivity contribution in [3.63, 3.8) is 0 Å². The summed E-state index contributed by atoms with van der Waals surface area (Å²) in [6.45, 7) is 7.66. The molecule has 0 saturated heterocycles. The molecule has 1 aliphatic heterocycles. The minimum absolute atomic E-state index is 0.0158. The summed E-state index contributed by atoms with van der Waals surface area (Å²) >= 11 is 0. The van der Waals surface area contributed by atoms with E-state index in [2.05, 4.69) is 24.2 Å². The van der Waals surface area contributed by atoms with Gasteiger partial charge in [-0.1, -0.05) is 13.8 Å². The van der Waals surface area contributed by atoms with Gasteiger partial charge < -0.3 is 9.47 Å². The highest BCUT2D eigenvalue weighted by Gasteiger charge is 2.17. The third-order valence-corrected chi connectivity index (χ3v) is 2.35. The molecule has 5 heteroatoms. The van der Waals surface area contributed by atoms with Crippen LogP contribution in [0.25, 0.3) is 0 Å². The Morgan fingerprint density at radius 3 is 2.88 bits per heavy atom. The SMILES string of the molecule is CCOC(=O)COC1CN=C(C(C)C)CN1. The second kappa shape index (κ2) is 6.60. The van der Waals surface area contributed by atoms with Crippen molar-refractivity contribution < 1.29 is 14.3 Å².